The Hall–Kier alpha value is -1.62. The number of carbonyl (C=O) groups excluding carboxylic acids is 1. The quantitative estimate of drug-likeness (QED) is 0.856. The van der Waals surface area contributed by atoms with Crippen molar-refractivity contribution in [2.45, 2.75) is 32.9 Å². The molecule has 21 heavy (non-hydrogen) atoms. The fourth-order valence-electron chi connectivity index (χ4n) is 2.45. The molecule has 1 saturated heterocycles. The topological polar surface area (TPSA) is 32.8 Å². The summed E-state index contributed by atoms with van der Waals surface area (Å²) < 4.78 is 18.6. The maximum Gasteiger partial charge on any atom is 0.410 e. The molecule has 1 amide bonds. The molecule has 1 heterocycles. The molecule has 0 N–H and O–H groups in total. The van der Waals surface area contributed by atoms with Gasteiger partial charge in [-0.3, -0.25) is 4.90 Å². The van der Waals surface area contributed by atoms with Gasteiger partial charge in [-0.1, -0.05) is 25.1 Å². The first-order chi connectivity index (χ1) is 10.1. The molecule has 0 radical (unpaired) electrons. The summed E-state index contributed by atoms with van der Waals surface area (Å²) in [5.41, 5.74) is 0.407. The zero-order chi connectivity index (χ0) is 15.2. The van der Waals surface area contributed by atoms with Crippen LogP contribution < -0.4 is 0 Å². The van der Waals surface area contributed by atoms with Crippen LogP contribution in [0.5, 0.6) is 0 Å². The summed E-state index contributed by atoms with van der Waals surface area (Å²) in [5, 5.41) is 0. The van der Waals surface area contributed by atoms with E-state index in [1.807, 2.05) is 0 Å². The predicted molar refractivity (Wildman–Crippen MR) is 79.5 cm³/mol. The van der Waals surface area contributed by atoms with Gasteiger partial charge in [0.15, 0.2) is 0 Å². The number of nitrogens with zero attached hydrogens (tertiary/aromatic N) is 2. The Kier molecular flexibility index (Phi) is 5.56. The standard InChI is InChI=1S/C16H23FN2O2/c1-3-13(2)18-8-10-19(11-9-18)16(20)21-12-14-6-4-5-7-15(14)17/h4-7,13H,3,8-12H2,1-2H3. The van der Waals surface area contributed by atoms with E-state index >= 15 is 0 Å². The minimum Gasteiger partial charge on any atom is -0.444 e. The Bertz CT molecular complexity index is 473. The Morgan fingerprint density at radius 2 is 1.95 bits per heavy atom. The second-order valence-electron chi connectivity index (χ2n) is 5.43. The average Bonchev–Trinajstić information content (AvgIpc) is 2.53. The third-order valence-electron chi connectivity index (χ3n) is 4.10. The molecule has 0 aromatic heterocycles. The summed E-state index contributed by atoms with van der Waals surface area (Å²) in [7, 11) is 0. The summed E-state index contributed by atoms with van der Waals surface area (Å²) in [6.45, 7) is 7.41. The maximum absolute atomic E-state index is 13.4. The first-order valence-electron chi connectivity index (χ1n) is 7.51. The van der Waals surface area contributed by atoms with E-state index < -0.39 is 0 Å². The third kappa shape index (κ3) is 4.17. The van der Waals surface area contributed by atoms with Crippen LogP contribution in [0.1, 0.15) is 25.8 Å². The molecule has 1 aromatic rings. The molecule has 1 aromatic carbocycles. The molecule has 0 bridgehead atoms. The average molecular weight is 294 g/mol. The number of piperazine rings is 1. The van der Waals surface area contributed by atoms with Crippen molar-refractivity contribution >= 4 is 6.09 Å². The van der Waals surface area contributed by atoms with Crippen molar-refractivity contribution in [3.05, 3.63) is 35.6 Å². The van der Waals surface area contributed by atoms with E-state index in [1.165, 1.54) is 6.07 Å². The summed E-state index contributed by atoms with van der Waals surface area (Å²) in [6.07, 6.45) is 0.750. The van der Waals surface area contributed by atoms with E-state index in [0.29, 0.717) is 24.7 Å². The summed E-state index contributed by atoms with van der Waals surface area (Å²) in [5.74, 6) is -0.341. The van der Waals surface area contributed by atoms with Crippen molar-refractivity contribution in [2.75, 3.05) is 26.2 Å². The molecule has 1 aliphatic heterocycles. The molecule has 0 spiro atoms. The maximum atomic E-state index is 13.4. The highest BCUT2D eigenvalue weighted by Crippen LogP contribution is 2.12. The lowest BCUT2D eigenvalue weighted by molar-refractivity contribution is 0.0610. The van der Waals surface area contributed by atoms with Gasteiger partial charge in [-0.15, -0.1) is 0 Å². The normalized spacial score (nSPS) is 17.6. The number of ether oxygens (including phenoxy) is 1. The van der Waals surface area contributed by atoms with Crippen LogP contribution in [0.4, 0.5) is 9.18 Å². The highest BCUT2D eigenvalue weighted by molar-refractivity contribution is 5.67. The number of hydrogen-bond donors (Lipinski definition) is 0. The zero-order valence-corrected chi connectivity index (χ0v) is 12.7. The largest absolute Gasteiger partial charge is 0.444 e. The van der Waals surface area contributed by atoms with Gasteiger partial charge in [0.1, 0.15) is 12.4 Å². The van der Waals surface area contributed by atoms with Crippen LogP contribution in [0.3, 0.4) is 0 Å². The first-order valence-corrected chi connectivity index (χ1v) is 7.51. The number of carbonyl (C=O) groups is 1. The number of halogens is 1. The van der Waals surface area contributed by atoms with Crippen molar-refractivity contribution in [3.63, 3.8) is 0 Å². The Labute approximate surface area is 125 Å². The van der Waals surface area contributed by atoms with Gasteiger partial charge in [0.25, 0.3) is 0 Å². The lowest BCUT2D eigenvalue weighted by Gasteiger charge is -2.37. The van der Waals surface area contributed by atoms with Crippen LogP contribution in [0.2, 0.25) is 0 Å². The van der Waals surface area contributed by atoms with E-state index in [0.717, 1.165) is 19.5 Å². The smallest absolute Gasteiger partial charge is 0.410 e. The van der Waals surface area contributed by atoms with Gasteiger partial charge < -0.3 is 9.64 Å². The van der Waals surface area contributed by atoms with Crippen molar-refractivity contribution < 1.29 is 13.9 Å². The first kappa shape index (κ1) is 15.8. The monoisotopic (exact) mass is 294 g/mol. The summed E-state index contributed by atoms with van der Waals surface area (Å²) >= 11 is 0. The molecule has 116 valence electrons. The van der Waals surface area contributed by atoms with Gasteiger partial charge in [-0.25, -0.2) is 9.18 Å². The van der Waals surface area contributed by atoms with Gasteiger partial charge in [0.05, 0.1) is 0 Å². The lowest BCUT2D eigenvalue weighted by Crippen LogP contribution is -2.51. The van der Waals surface area contributed by atoms with E-state index in [4.69, 9.17) is 4.74 Å². The van der Waals surface area contributed by atoms with Gasteiger partial charge in [-0.05, 0) is 19.4 Å². The highest BCUT2D eigenvalue weighted by atomic mass is 19.1. The minimum absolute atomic E-state index is 0.0168. The molecule has 5 heteroatoms. The molecule has 1 aliphatic rings. The van der Waals surface area contributed by atoms with Crippen molar-refractivity contribution in [2.24, 2.45) is 0 Å². The van der Waals surface area contributed by atoms with Gasteiger partial charge >= 0.3 is 6.09 Å². The molecule has 0 aliphatic carbocycles. The summed E-state index contributed by atoms with van der Waals surface area (Å²) in [6, 6.07) is 6.89. The number of rotatable bonds is 4. The van der Waals surface area contributed by atoms with Crippen LogP contribution in [-0.2, 0) is 11.3 Å². The van der Waals surface area contributed by atoms with Crippen LogP contribution in [0.25, 0.3) is 0 Å². The van der Waals surface area contributed by atoms with E-state index in [2.05, 4.69) is 18.7 Å². The number of benzene rings is 1. The molecule has 2 rings (SSSR count). The predicted octanol–water partition coefficient (Wildman–Crippen LogP) is 2.88. The fourth-order valence-corrected chi connectivity index (χ4v) is 2.45. The second-order valence-corrected chi connectivity index (χ2v) is 5.43. The van der Waals surface area contributed by atoms with Crippen molar-refractivity contribution in [3.8, 4) is 0 Å². The van der Waals surface area contributed by atoms with E-state index in [1.54, 1.807) is 23.1 Å². The molecular weight excluding hydrogens is 271 g/mol. The Balaban J connectivity index is 1.79. The van der Waals surface area contributed by atoms with E-state index in [-0.39, 0.29) is 18.5 Å². The minimum atomic E-state index is -0.359. The van der Waals surface area contributed by atoms with Crippen LogP contribution >= 0.6 is 0 Å². The SMILES string of the molecule is CCC(C)N1CCN(C(=O)OCc2ccccc2F)CC1. The van der Waals surface area contributed by atoms with Crippen LogP contribution in [0.15, 0.2) is 24.3 Å². The van der Waals surface area contributed by atoms with Crippen molar-refractivity contribution in [1.82, 2.24) is 9.80 Å². The molecule has 1 unspecified atom stereocenters. The second kappa shape index (κ2) is 7.41. The zero-order valence-electron chi connectivity index (χ0n) is 12.7. The Morgan fingerprint density at radius 1 is 1.29 bits per heavy atom. The van der Waals surface area contributed by atoms with Crippen LogP contribution in [0, 0.1) is 5.82 Å². The molecular formula is C16H23FN2O2. The fraction of sp³-hybridized carbons (Fsp3) is 0.562. The third-order valence-corrected chi connectivity index (χ3v) is 4.10. The van der Waals surface area contributed by atoms with Crippen molar-refractivity contribution in [1.29, 1.82) is 0 Å². The van der Waals surface area contributed by atoms with E-state index in [9.17, 15) is 9.18 Å². The Morgan fingerprint density at radius 3 is 2.57 bits per heavy atom. The van der Waals surface area contributed by atoms with Gasteiger partial charge in [-0.2, -0.15) is 0 Å². The number of hydrogen-bond acceptors (Lipinski definition) is 3. The van der Waals surface area contributed by atoms with Gasteiger partial charge in [0.2, 0.25) is 0 Å². The number of amides is 1. The molecule has 1 fully saturated rings. The lowest BCUT2D eigenvalue weighted by atomic mass is 10.2. The van der Waals surface area contributed by atoms with Gasteiger partial charge in [0, 0.05) is 37.8 Å². The molecule has 0 saturated carbocycles. The summed E-state index contributed by atoms with van der Waals surface area (Å²) in [4.78, 5) is 16.1. The molecule has 1 atom stereocenters. The van der Waals surface area contributed by atoms with Crippen LogP contribution in [-0.4, -0.2) is 48.1 Å². The molecule has 4 nitrogen and oxygen atoms in total. The highest BCUT2D eigenvalue weighted by Gasteiger charge is 2.24.